The van der Waals surface area contributed by atoms with Gasteiger partial charge in [-0.05, 0) is 6.07 Å². The van der Waals surface area contributed by atoms with Crippen molar-refractivity contribution in [2.24, 2.45) is 0 Å². The number of hydrogen-bond acceptors (Lipinski definition) is 4. The summed E-state index contributed by atoms with van der Waals surface area (Å²) in [5.74, 6) is 2.66. The third kappa shape index (κ3) is 2.63. The van der Waals surface area contributed by atoms with Crippen molar-refractivity contribution in [3.63, 3.8) is 0 Å². The van der Waals surface area contributed by atoms with E-state index in [1.54, 1.807) is 6.20 Å². The summed E-state index contributed by atoms with van der Waals surface area (Å²) in [6.45, 7) is 3.46. The van der Waals surface area contributed by atoms with E-state index in [0.717, 1.165) is 36.8 Å². The number of aromatic nitrogens is 1. The molecule has 4 heteroatoms. The van der Waals surface area contributed by atoms with E-state index in [9.17, 15) is 0 Å². The molecule has 2 heterocycles. The number of nitrogens with zero attached hydrogens (tertiary/aromatic N) is 1. The molecule has 0 amide bonds. The van der Waals surface area contributed by atoms with Gasteiger partial charge >= 0.3 is 0 Å². The fraction of sp³-hybridized carbons (Fsp3) is 0.400. The van der Waals surface area contributed by atoms with Crippen molar-refractivity contribution in [1.82, 2.24) is 10.3 Å². The van der Waals surface area contributed by atoms with Gasteiger partial charge in [-0.1, -0.05) is 25.1 Å². The summed E-state index contributed by atoms with van der Waals surface area (Å²) in [4.78, 5) is 4.27. The highest BCUT2D eigenvalue weighted by molar-refractivity contribution is 5.37. The average molecular weight is 258 g/mol. The molecule has 1 aromatic heterocycles. The first-order valence-electron chi connectivity index (χ1n) is 6.75. The number of nitrogens with one attached hydrogen (secondary N) is 1. The molecular weight excluding hydrogens is 240 g/mol. The summed E-state index contributed by atoms with van der Waals surface area (Å²) < 4.78 is 11.3. The molecule has 1 aliphatic heterocycles. The van der Waals surface area contributed by atoms with Crippen LogP contribution < -0.4 is 10.1 Å². The Balaban J connectivity index is 1.68. The van der Waals surface area contributed by atoms with E-state index in [4.69, 9.17) is 9.15 Å². The minimum Gasteiger partial charge on any atom is -0.493 e. The normalized spacial score (nSPS) is 17.8. The highest BCUT2D eigenvalue weighted by Gasteiger charge is 2.20. The fourth-order valence-electron chi connectivity index (χ4n) is 2.36. The van der Waals surface area contributed by atoms with Crippen molar-refractivity contribution in [3.05, 3.63) is 47.7 Å². The second-order valence-corrected chi connectivity index (χ2v) is 4.68. The number of para-hydroxylation sites is 1. The summed E-state index contributed by atoms with van der Waals surface area (Å²) in [6, 6.07) is 8.48. The Morgan fingerprint density at radius 2 is 2.26 bits per heavy atom. The van der Waals surface area contributed by atoms with Crippen LogP contribution in [0.3, 0.4) is 0 Å². The van der Waals surface area contributed by atoms with Gasteiger partial charge in [0.1, 0.15) is 11.5 Å². The monoisotopic (exact) mass is 258 g/mol. The molecule has 19 heavy (non-hydrogen) atoms. The molecule has 3 rings (SSSR count). The van der Waals surface area contributed by atoms with Crippen LogP contribution in [0.5, 0.6) is 5.75 Å². The summed E-state index contributed by atoms with van der Waals surface area (Å²) in [5, 5.41) is 3.50. The minimum absolute atomic E-state index is 0.307. The van der Waals surface area contributed by atoms with Gasteiger partial charge < -0.3 is 14.5 Å². The van der Waals surface area contributed by atoms with Gasteiger partial charge in [0.15, 0.2) is 0 Å². The largest absolute Gasteiger partial charge is 0.493 e. The lowest BCUT2D eigenvalue weighted by Gasteiger charge is -2.26. The van der Waals surface area contributed by atoms with Crippen LogP contribution in [0, 0.1) is 0 Å². The first-order valence-corrected chi connectivity index (χ1v) is 6.75. The smallest absolute Gasteiger partial charge is 0.208 e. The predicted octanol–water partition coefficient (Wildman–Crippen LogP) is 2.85. The van der Waals surface area contributed by atoms with Crippen LogP contribution in [-0.2, 0) is 13.0 Å². The third-order valence-corrected chi connectivity index (χ3v) is 3.41. The molecule has 1 aliphatic rings. The topological polar surface area (TPSA) is 47.3 Å². The molecule has 2 aromatic rings. The van der Waals surface area contributed by atoms with Crippen molar-refractivity contribution < 1.29 is 9.15 Å². The molecule has 0 radical (unpaired) electrons. The molecule has 0 spiro atoms. The summed E-state index contributed by atoms with van der Waals surface area (Å²) in [6.07, 6.45) is 3.65. The fourth-order valence-corrected chi connectivity index (χ4v) is 2.36. The lowest BCUT2D eigenvalue weighted by Crippen LogP contribution is -2.26. The standard InChI is InChI=1S/C15H18N2O2/c1-2-11-9-17-15(19-11)10-16-13-7-8-18-14-6-4-3-5-12(13)14/h3-6,9,13,16H,2,7-8,10H2,1H3. The first kappa shape index (κ1) is 12.2. The first-order chi connectivity index (χ1) is 9.36. The number of rotatable bonds is 4. The van der Waals surface area contributed by atoms with E-state index in [2.05, 4.69) is 23.3 Å². The Kier molecular flexibility index (Phi) is 3.51. The highest BCUT2D eigenvalue weighted by atomic mass is 16.5. The molecule has 1 atom stereocenters. The Labute approximate surface area is 112 Å². The number of ether oxygens (including phenoxy) is 1. The molecule has 1 unspecified atom stereocenters. The number of fused-ring (bicyclic) bond motifs is 1. The van der Waals surface area contributed by atoms with Crippen LogP contribution in [0.4, 0.5) is 0 Å². The van der Waals surface area contributed by atoms with Gasteiger partial charge in [-0.15, -0.1) is 0 Å². The Morgan fingerprint density at radius 3 is 3.11 bits per heavy atom. The molecule has 0 saturated heterocycles. The average Bonchev–Trinajstić information content (AvgIpc) is 2.93. The zero-order valence-corrected chi connectivity index (χ0v) is 11.1. The van der Waals surface area contributed by atoms with E-state index in [-0.39, 0.29) is 0 Å². The molecule has 0 bridgehead atoms. The minimum atomic E-state index is 0.307. The van der Waals surface area contributed by atoms with Gasteiger partial charge in [-0.3, -0.25) is 0 Å². The SMILES string of the molecule is CCc1cnc(CNC2CCOc3ccccc32)o1. The van der Waals surface area contributed by atoms with Gasteiger partial charge in [0.05, 0.1) is 19.3 Å². The third-order valence-electron chi connectivity index (χ3n) is 3.41. The van der Waals surface area contributed by atoms with E-state index >= 15 is 0 Å². The van der Waals surface area contributed by atoms with Crippen LogP contribution in [0.1, 0.15) is 36.6 Å². The molecular formula is C15H18N2O2. The second-order valence-electron chi connectivity index (χ2n) is 4.68. The van der Waals surface area contributed by atoms with E-state index < -0.39 is 0 Å². The molecule has 0 saturated carbocycles. The Bertz CT molecular complexity index is 551. The number of benzene rings is 1. The van der Waals surface area contributed by atoms with Gasteiger partial charge in [-0.25, -0.2) is 4.98 Å². The van der Waals surface area contributed by atoms with Gasteiger partial charge in [0, 0.05) is 24.4 Å². The molecule has 4 nitrogen and oxygen atoms in total. The van der Waals surface area contributed by atoms with E-state index in [0.29, 0.717) is 12.6 Å². The predicted molar refractivity (Wildman–Crippen MR) is 72.0 cm³/mol. The van der Waals surface area contributed by atoms with E-state index in [1.807, 2.05) is 18.2 Å². The molecule has 100 valence electrons. The lowest BCUT2D eigenvalue weighted by molar-refractivity contribution is 0.249. The molecule has 0 aliphatic carbocycles. The Morgan fingerprint density at radius 1 is 1.37 bits per heavy atom. The van der Waals surface area contributed by atoms with Crippen LogP contribution in [-0.4, -0.2) is 11.6 Å². The van der Waals surface area contributed by atoms with E-state index in [1.165, 1.54) is 5.56 Å². The van der Waals surface area contributed by atoms with Crippen LogP contribution in [0.25, 0.3) is 0 Å². The zero-order valence-electron chi connectivity index (χ0n) is 11.1. The summed E-state index contributed by atoms with van der Waals surface area (Å²) in [5.41, 5.74) is 1.22. The number of aryl methyl sites for hydroxylation is 1. The molecule has 1 aromatic carbocycles. The maximum Gasteiger partial charge on any atom is 0.208 e. The van der Waals surface area contributed by atoms with Crippen LogP contribution in [0.15, 0.2) is 34.9 Å². The molecule has 0 fully saturated rings. The number of oxazole rings is 1. The maximum atomic E-state index is 5.65. The van der Waals surface area contributed by atoms with Gasteiger partial charge in [0.25, 0.3) is 0 Å². The van der Waals surface area contributed by atoms with Crippen LogP contribution in [0.2, 0.25) is 0 Å². The van der Waals surface area contributed by atoms with Crippen molar-refractivity contribution >= 4 is 0 Å². The van der Waals surface area contributed by atoms with Crippen molar-refractivity contribution in [2.75, 3.05) is 6.61 Å². The van der Waals surface area contributed by atoms with Crippen molar-refractivity contribution in [3.8, 4) is 5.75 Å². The van der Waals surface area contributed by atoms with Crippen molar-refractivity contribution in [2.45, 2.75) is 32.4 Å². The zero-order chi connectivity index (χ0) is 13.1. The lowest BCUT2D eigenvalue weighted by atomic mass is 10.0. The maximum absolute atomic E-state index is 5.65. The van der Waals surface area contributed by atoms with Gasteiger partial charge in [-0.2, -0.15) is 0 Å². The Hall–Kier alpha value is -1.81. The quantitative estimate of drug-likeness (QED) is 0.916. The molecule has 1 N–H and O–H groups in total. The summed E-state index contributed by atoms with van der Waals surface area (Å²) in [7, 11) is 0. The second kappa shape index (κ2) is 5.45. The highest BCUT2D eigenvalue weighted by Crippen LogP contribution is 2.31. The van der Waals surface area contributed by atoms with Crippen LogP contribution >= 0.6 is 0 Å². The number of hydrogen-bond donors (Lipinski definition) is 1. The van der Waals surface area contributed by atoms with Crippen molar-refractivity contribution in [1.29, 1.82) is 0 Å². The summed E-state index contributed by atoms with van der Waals surface area (Å²) >= 11 is 0. The van der Waals surface area contributed by atoms with Gasteiger partial charge in [0.2, 0.25) is 5.89 Å².